The number of thiophene rings is 1. The van der Waals surface area contributed by atoms with Crippen molar-refractivity contribution in [2.75, 3.05) is 11.4 Å². The molecule has 194 valence electrons. The molecular formula is C26H24N6O4S2. The Morgan fingerprint density at radius 2 is 2.16 bits per heavy atom. The molecule has 0 bridgehead atoms. The van der Waals surface area contributed by atoms with Gasteiger partial charge < -0.3 is 9.08 Å². The lowest BCUT2D eigenvalue weighted by Crippen LogP contribution is -2.19. The first kappa shape index (κ1) is 25.7. The molecule has 2 aromatic heterocycles. The number of ketones is 1. The number of aromatic nitrogens is 2. The summed E-state index contributed by atoms with van der Waals surface area (Å²) in [5.74, 6) is 0.0722. The smallest absolute Gasteiger partial charge is 0.379 e. The van der Waals surface area contributed by atoms with Crippen LogP contribution in [0, 0.1) is 18.3 Å². The van der Waals surface area contributed by atoms with E-state index in [-0.39, 0.29) is 11.6 Å². The van der Waals surface area contributed by atoms with Crippen molar-refractivity contribution in [1.82, 2.24) is 9.97 Å². The summed E-state index contributed by atoms with van der Waals surface area (Å²) < 4.78 is 26.6. The summed E-state index contributed by atoms with van der Waals surface area (Å²) in [5, 5.41) is 14.2. The van der Waals surface area contributed by atoms with E-state index >= 15 is 0 Å². The Balaban J connectivity index is 1.35. The van der Waals surface area contributed by atoms with Gasteiger partial charge in [0.1, 0.15) is 12.6 Å². The predicted molar refractivity (Wildman–Crippen MR) is 144 cm³/mol. The van der Waals surface area contributed by atoms with Gasteiger partial charge in [-0.25, -0.2) is 15.0 Å². The molecule has 0 radical (unpaired) electrons. The Bertz CT molecular complexity index is 1640. The van der Waals surface area contributed by atoms with E-state index in [4.69, 9.17) is 5.14 Å². The Morgan fingerprint density at radius 1 is 1.32 bits per heavy atom. The third-order valence-electron chi connectivity index (χ3n) is 6.53. The van der Waals surface area contributed by atoms with Crippen molar-refractivity contribution in [3.8, 4) is 6.07 Å². The highest BCUT2D eigenvalue weighted by Crippen LogP contribution is 2.34. The molecule has 0 saturated heterocycles. The summed E-state index contributed by atoms with van der Waals surface area (Å²) in [6.07, 6.45) is 6.44. The maximum Gasteiger partial charge on any atom is 0.379 e. The Labute approximate surface area is 224 Å². The molecule has 2 N–H and O–H groups in total. The maximum absolute atomic E-state index is 13.5. The molecule has 1 aliphatic carbocycles. The number of rotatable bonds is 7. The number of anilines is 1. The van der Waals surface area contributed by atoms with E-state index in [1.165, 1.54) is 29.4 Å². The number of carbonyl (C=O) groups is 1. The summed E-state index contributed by atoms with van der Waals surface area (Å²) in [4.78, 5) is 30.2. The summed E-state index contributed by atoms with van der Waals surface area (Å²) in [6.45, 7) is 3.50. The molecular weight excluding hydrogens is 524 g/mol. The summed E-state index contributed by atoms with van der Waals surface area (Å²) >= 11 is 1.42. The van der Waals surface area contributed by atoms with Crippen LogP contribution in [0.2, 0.25) is 0 Å². The fourth-order valence-electron chi connectivity index (χ4n) is 4.60. The van der Waals surface area contributed by atoms with Gasteiger partial charge in [0.25, 0.3) is 0 Å². The molecule has 0 unspecified atom stereocenters. The highest BCUT2D eigenvalue weighted by atomic mass is 32.2. The largest absolute Gasteiger partial charge is 0.379 e. The lowest BCUT2D eigenvalue weighted by atomic mass is 10.1. The molecule has 5 rings (SSSR count). The minimum absolute atomic E-state index is 0.204. The number of hydrogen-bond acceptors (Lipinski definition) is 10. The second kappa shape index (κ2) is 10.4. The molecule has 3 heterocycles. The van der Waals surface area contributed by atoms with Crippen LogP contribution >= 0.6 is 11.3 Å². The fourth-order valence-corrected chi connectivity index (χ4v) is 5.86. The van der Waals surface area contributed by atoms with E-state index in [0.29, 0.717) is 41.8 Å². The molecule has 10 nitrogen and oxygen atoms in total. The molecule has 0 amide bonds. The number of hydrogen-bond donors (Lipinski definition) is 1. The van der Waals surface area contributed by atoms with Crippen molar-refractivity contribution < 1.29 is 17.4 Å². The zero-order valence-corrected chi connectivity index (χ0v) is 22.2. The van der Waals surface area contributed by atoms with Crippen molar-refractivity contribution in [3.63, 3.8) is 0 Å². The van der Waals surface area contributed by atoms with Crippen LogP contribution in [-0.2, 0) is 27.5 Å². The minimum Gasteiger partial charge on any atom is -0.379 e. The van der Waals surface area contributed by atoms with Crippen LogP contribution in [-0.4, -0.2) is 36.4 Å². The summed E-state index contributed by atoms with van der Waals surface area (Å²) in [5.41, 5.74) is 5.78. The third kappa shape index (κ3) is 5.65. The Morgan fingerprint density at radius 3 is 2.95 bits per heavy atom. The highest BCUT2D eigenvalue weighted by molar-refractivity contribution is 7.84. The standard InChI is InChI=1S/C26H24N6O4S2/c1-16-20(13-32-7-6-19-4-2-17(11-27)9-23(19)32)10-24(37-16)25(33)22-12-29-15-30-26(22)31-21-5-3-18(8-21)14-36-38(28,34)35/h2,4,9-10,12,14-15H,3,5-8,13H2,1H3,(H2,28,34,35)/b18-14+,31-21?. The SMILES string of the molecule is Cc1sc(C(=O)c2cncnc2N=C2CC/C(=C\OS(N)(=O)=O)C2)cc1CN1CCc2ccc(C#N)cc21. The van der Waals surface area contributed by atoms with E-state index in [1.807, 2.05) is 31.2 Å². The van der Waals surface area contributed by atoms with Crippen molar-refractivity contribution in [3.05, 3.63) is 80.6 Å². The number of nitrogens with zero attached hydrogens (tertiary/aromatic N) is 5. The van der Waals surface area contributed by atoms with Gasteiger partial charge in [0.2, 0.25) is 5.78 Å². The topological polar surface area (TPSA) is 152 Å². The van der Waals surface area contributed by atoms with Crippen LogP contribution in [0.3, 0.4) is 0 Å². The van der Waals surface area contributed by atoms with E-state index in [0.717, 1.165) is 46.6 Å². The van der Waals surface area contributed by atoms with Gasteiger partial charge in [0, 0.05) is 42.0 Å². The second-order valence-corrected chi connectivity index (χ2v) is 11.6. The molecule has 1 saturated carbocycles. The van der Waals surface area contributed by atoms with Crippen molar-refractivity contribution >= 4 is 44.6 Å². The number of aliphatic imine (C=N–C) groups is 1. The van der Waals surface area contributed by atoms with Crippen molar-refractivity contribution in [2.45, 2.75) is 39.2 Å². The number of nitriles is 1. The van der Waals surface area contributed by atoms with Crippen LogP contribution < -0.4 is 10.0 Å². The van der Waals surface area contributed by atoms with Gasteiger partial charge >= 0.3 is 10.3 Å². The first-order chi connectivity index (χ1) is 18.2. The molecule has 0 spiro atoms. The zero-order chi connectivity index (χ0) is 26.9. The molecule has 1 aromatic carbocycles. The van der Waals surface area contributed by atoms with Crippen LogP contribution in [0.4, 0.5) is 11.5 Å². The minimum atomic E-state index is -4.06. The van der Waals surface area contributed by atoms with Gasteiger partial charge in [-0.05, 0) is 61.1 Å². The molecule has 1 fully saturated rings. The predicted octanol–water partition coefficient (Wildman–Crippen LogP) is 3.87. The summed E-state index contributed by atoms with van der Waals surface area (Å²) in [7, 11) is -4.06. The average Bonchev–Trinajstić information content (AvgIpc) is 3.61. The fraction of sp³-hybridized carbons (Fsp3) is 0.269. The van der Waals surface area contributed by atoms with Crippen LogP contribution in [0.15, 0.2) is 53.6 Å². The van der Waals surface area contributed by atoms with E-state index in [1.54, 1.807) is 0 Å². The van der Waals surface area contributed by atoms with Gasteiger partial charge in [0.15, 0.2) is 5.82 Å². The average molecular weight is 549 g/mol. The highest BCUT2D eigenvalue weighted by Gasteiger charge is 2.24. The van der Waals surface area contributed by atoms with Gasteiger partial charge in [-0.1, -0.05) is 6.07 Å². The molecule has 0 atom stereocenters. The van der Waals surface area contributed by atoms with Crippen LogP contribution in [0.25, 0.3) is 0 Å². The number of carbonyl (C=O) groups excluding carboxylic acids is 1. The quantitative estimate of drug-likeness (QED) is 0.345. The Hall–Kier alpha value is -3.92. The number of allylic oxidation sites excluding steroid dienone is 1. The molecule has 12 heteroatoms. The normalized spacial score (nSPS) is 17.1. The van der Waals surface area contributed by atoms with E-state index in [9.17, 15) is 18.5 Å². The van der Waals surface area contributed by atoms with Crippen LogP contribution in [0.1, 0.15) is 56.1 Å². The van der Waals surface area contributed by atoms with E-state index < -0.39 is 10.3 Å². The van der Waals surface area contributed by atoms with Gasteiger partial charge in [-0.2, -0.15) is 18.8 Å². The number of benzene rings is 1. The van der Waals surface area contributed by atoms with Crippen molar-refractivity contribution in [2.24, 2.45) is 10.1 Å². The lowest BCUT2D eigenvalue weighted by molar-refractivity contribution is 0.104. The maximum atomic E-state index is 13.5. The Kier molecular flexibility index (Phi) is 7.07. The second-order valence-electron chi connectivity index (χ2n) is 9.13. The van der Waals surface area contributed by atoms with Crippen LogP contribution in [0.5, 0.6) is 0 Å². The third-order valence-corrected chi connectivity index (χ3v) is 7.98. The number of fused-ring (bicyclic) bond motifs is 1. The lowest BCUT2D eigenvalue weighted by Gasteiger charge is -2.19. The first-order valence-corrected chi connectivity index (χ1v) is 14.2. The molecule has 1 aliphatic heterocycles. The van der Waals surface area contributed by atoms with Gasteiger partial charge in [0.05, 0.1) is 22.1 Å². The summed E-state index contributed by atoms with van der Waals surface area (Å²) in [6, 6.07) is 9.90. The molecule has 3 aromatic rings. The van der Waals surface area contributed by atoms with Gasteiger partial charge in [-0.15, -0.1) is 11.3 Å². The molecule has 2 aliphatic rings. The zero-order valence-electron chi connectivity index (χ0n) is 20.5. The first-order valence-electron chi connectivity index (χ1n) is 11.9. The van der Waals surface area contributed by atoms with Crippen molar-refractivity contribution in [1.29, 1.82) is 5.26 Å². The number of aryl methyl sites for hydroxylation is 1. The van der Waals surface area contributed by atoms with Gasteiger partial charge in [-0.3, -0.25) is 4.79 Å². The number of nitrogens with two attached hydrogens (primary N) is 1. The molecule has 38 heavy (non-hydrogen) atoms. The monoisotopic (exact) mass is 548 g/mol. The van der Waals surface area contributed by atoms with E-state index in [2.05, 4.69) is 30.1 Å².